The average Bonchev–Trinajstić information content (AvgIpc) is 2.99. The number of halogens is 1. The van der Waals surface area contributed by atoms with Crippen LogP contribution in [0.15, 0.2) is 18.2 Å². The summed E-state index contributed by atoms with van der Waals surface area (Å²) >= 11 is 6.45. The number of rotatable bonds is 1. The lowest BCUT2D eigenvalue weighted by Crippen LogP contribution is -2.15. The number of benzene rings is 1. The van der Waals surface area contributed by atoms with Crippen LogP contribution in [0.5, 0.6) is 11.5 Å². The molecule has 2 aliphatic rings. The van der Waals surface area contributed by atoms with Crippen molar-refractivity contribution in [1.29, 1.82) is 0 Å². The SMILES string of the molecule is Clc1cc(C2CCCC2)nc2cc3c(cc12)OCCO3. The molecular formula is C16H16ClNO2. The van der Waals surface area contributed by atoms with E-state index < -0.39 is 0 Å². The van der Waals surface area contributed by atoms with Gasteiger partial charge in [-0.2, -0.15) is 0 Å². The van der Waals surface area contributed by atoms with Gasteiger partial charge in [0, 0.05) is 23.1 Å². The zero-order valence-electron chi connectivity index (χ0n) is 11.2. The van der Waals surface area contributed by atoms with E-state index in [-0.39, 0.29) is 0 Å². The van der Waals surface area contributed by atoms with Crippen molar-refractivity contribution >= 4 is 22.5 Å². The van der Waals surface area contributed by atoms with Crippen LogP contribution in [0, 0.1) is 0 Å². The van der Waals surface area contributed by atoms with Crippen LogP contribution < -0.4 is 9.47 Å². The fraction of sp³-hybridized carbons (Fsp3) is 0.438. The standard InChI is InChI=1S/C16H16ClNO2/c17-12-8-13(10-3-1-2-4-10)18-14-9-16-15(7-11(12)14)19-5-6-20-16/h7-10H,1-6H2. The highest BCUT2D eigenvalue weighted by atomic mass is 35.5. The zero-order chi connectivity index (χ0) is 13.5. The first kappa shape index (κ1) is 12.3. The zero-order valence-corrected chi connectivity index (χ0v) is 11.9. The first-order valence-corrected chi connectivity index (χ1v) is 7.59. The van der Waals surface area contributed by atoms with E-state index in [9.17, 15) is 0 Å². The molecule has 0 saturated heterocycles. The molecule has 0 N–H and O–H groups in total. The first-order valence-electron chi connectivity index (χ1n) is 7.21. The summed E-state index contributed by atoms with van der Waals surface area (Å²) in [5.41, 5.74) is 2.03. The summed E-state index contributed by atoms with van der Waals surface area (Å²) in [6, 6.07) is 5.92. The third-order valence-corrected chi connectivity index (χ3v) is 4.53. The van der Waals surface area contributed by atoms with Crippen LogP contribution in [0.3, 0.4) is 0 Å². The smallest absolute Gasteiger partial charge is 0.163 e. The van der Waals surface area contributed by atoms with Crippen molar-refractivity contribution in [2.24, 2.45) is 0 Å². The Morgan fingerprint density at radius 2 is 1.70 bits per heavy atom. The van der Waals surface area contributed by atoms with Crippen LogP contribution in [-0.2, 0) is 0 Å². The Morgan fingerprint density at radius 1 is 1.00 bits per heavy atom. The molecule has 1 aliphatic heterocycles. The van der Waals surface area contributed by atoms with Gasteiger partial charge in [-0.15, -0.1) is 0 Å². The molecule has 4 heteroatoms. The molecule has 0 amide bonds. The van der Waals surface area contributed by atoms with E-state index in [1.807, 2.05) is 18.2 Å². The largest absolute Gasteiger partial charge is 0.486 e. The molecule has 0 radical (unpaired) electrons. The molecule has 20 heavy (non-hydrogen) atoms. The lowest BCUT2D eigenvalue weighted by molar-refractivity contribution is 0.172. The Labute approximate surface area is 122 Å². The van der Waals surface area contributed by atoms with Crippen molar-refractivity contribution in [1.82, 2.24) is 4.98 Å². The van der Waals surface area contributed by atoms with Gasteiger partial charge in [0.05, 0.1) is 10.5 Å². The highest BCUT2D eigenvalue weighted by Crippen LogP contribution is 2.39. The molecule has 4 rings (SSSR count). The predicted molar refractivity (Wildman–Crippen MR) is 79.0 cm³/mol. The molecule has 0 bridgehead atoms. The van der Waals surface area contributed by atoms with E-state index in [1.54, 1.807) is 0 Å². The van der Waals surface area contributed by atoms with Crippen molar-refractivity contribution in [2.75, 3.05) is 13.2 Å². The fourth-order valence-corrected chi connectivity index (χ4v) is 3.43. The lowest BCUT2D eigenvalue weighted by Gasteiger charge is -2.19. The minimum Gasteiger partial charge on any atom is -0.486 e. The van der Waals surface area contributed by atoms with E-state index in [2.05, 4.69) is 0 Å². The quantitative estimate of drug-likeness (QED) is 0.783. The second kappa shape index (κ2) is 4.81. The first-order chi connectivity index (χ1) is 9.81. The number of nitrogens with zero attached hydrogens (tertiary/aromatic N) is 1. The Morgan fingerprint density at radius 3 is 2.45 bits per heavy atom. The second-order valence-corrected chi connectivity index (χ2v) is 5.93. The van der Waals surface area contributed by atoms with Gasteiger partial charge >= 0.3 is 0 Å². The minimum absolute atomic E-state index is 0.560. The van der Waals surface area contributed by atoms with E-state index >= 15 is 0 Å². The van der Waals surface area contributed by atoms with Gasteiger partial charge in [0.25, 0.3) is 0 Å². The molecule has 0 spiro atoms. The van der Waals surface area contributed by atoms with Crippen LogP contribution >= 0.6 is 11.6 Å². The van der Waals surface area contributed by atoms with E-state index in [1.165, 1.54) is 25.7 Å². The second-order valence-electron chi connectivity index (χ2n) is 5.52. The molecule has 0 atom stereocenters. The van der Waals surface area contributed by atoms with Gasteiger partial charge in [0.2, 0.25) is 0 Å². The number of aromatic nitrogens is 1. The van der Waals surface area contributed by atoms with Gasteiger partial charge in [-0.25, -0.2) is 0 Å². The molecule has 3 nitrogen and oxygen atoms in total. The highest BCUT2D eigenvalue weighted by molar-refractivity contribution is 6.35. The normalized spacial score (nSPS) is 18.6. The number of ether oxygens (including phenoxy) is 2. The number of pyridine rings is 1. The molecule has 104 valence electrons. The van der Waals surface area contributed by atoms with Gasteiger partial charge in [-0.3, -0.25) is 4.98 Å². The Hall–Kier alpha value is -1.48. The predicted octanol–water partition coefficient (Wildman–Crippen LogP) is 4.32. The van der Waals surface area contributed by atoms with Gasteiger partial charge in [0.15, 0.2) is 11.5 Å². The van der Waals surface area contributed by atoms with E-state index in [0.717, 1.165) is 33.1 Å². The van der Waals surface area contributed by atoms with Crippen molar-refractivity contribution in [3.63, 3.8) is 0 Å². The Bertz CT molecular complexity index is 665. The van der Waals surface area contributed by atoms with Crippen LogP contribution in [0.25, 0.3) is 10.9 Å². The highest BCUT2D eigenvalue weighted by Gasteiger charge is 2.21. The number of hydrogen-bond donors (Lipinski definition) is 0. The summed E-state index contributed by atoms with van der Waals surface area (Å²) in [4.78, 5) is 4.81. The molecule has 2 heterocycles. The van der Waals surface area contributed by atoms with Crippen LogP contribution in [0.4, 0.5) is 0 Å². The van der Waals surface area contributed by atoms with Crippen molar-refractivity contribution in [3.8, 4) is 11.5 Å². The van der Waals surface area contributed by atoms with Crippen LogP contribution in [-0.4, -0.2) is 18.2 Å². The van der Waals surface area contributed by atoms with Crippen LogP contribution in [0.2, 0.25) is 5.02 Å². The van der Waals surface area contributed by atoms with Crippen molar-refractivity contribution in [3.05, 3.63) is 28.9 Å². The third-order valence-electron chi connectivity index (χ3n) is 4.22. The summed E-state index contributed by atoms with van der Waals surface area (Å²) in [6.45, 7) is 1.18. The monoisotopic (exact) mass is 289 g/mol. The average molecular weight is 290 g/mol. The van der Waals surface area contributed by atoms with Gasteiger partial charge in [-0.1, -0.05) is 24.4 Å². The van der Waals surface area contributed by atoms with E-state index in [0.29, 0.717) is 19.1 Å². The maximum Gasteiger partial charge on any atom is 0.163 e. The van der Waals surface area contributed by atoms with Gasteiger partial charge in [0.1, 0.15) is 13.2 Å². The maximum atomic E-state index is 6.45. The van der Waals surface area contributed by atoms with Crippen molar-refractivity contribution in [2.45, 2.75) is 31.6 Å². The molecule has 0 unspecified atom stereocenters. The Kier molecular flexibility index (Phi) is 2.95. The number of hydrogen-bond acceptors (Lipinski definition) is 3. The molecule has 1 aliphatic carbocycles. The third kappa shape index (κ3) is 2.01. The topological polar surface area (TPSA) is 31.4 Å². The molecule has 2 aromatic rings. The lowest BCUT2D eigenvalue weighted by atomic mass is 10.0. The summed E-state index contributed by atoms with van der Waals surface area (Å²) in [5, 5.41) is 1.70. The Balaban J connectivity index is 1.85. The fourth-order valence-electron chi connectivity index (χ4n) is 3.17. The van der Waals surface area contributed by atoms with Crippen LogP contribution in [0.1, 0.15) is 37.3 Å². The summed E-state index contributed by atoms with van der Waals surface area (Å²) in [5.74, 6) is 2.10. The van der Waals surface area contributed by atoms with Crippen molar-refractivity contribution < 1.29 is 9.47 Å². The molecule has 1 fully saturated rings. The van der Waals surface area contributed by atoms with Gasteiger partial charge in [-0.05, 0) is 25.0 Å². The maximum absolute atomic E-state index is 6.45. The molecule has 1 saturated carbocycles. The summed E-state index contributed by atoms with van der Waals surface area (Å²) in [7, 11) is 0. The molecule has 1 aromatic heterocycles. The molecule has 1 aromatic carbocycles. The summed E-state index contributed by atoms with van der Waals surface area (Å²) in [6.07, 6.45) is 5.03. The van der Waals surface area contributed by atoms with E-state index in [4.69, 9.17) is 26.1 Å². The summed E-state index contributed by atoms with van der Waals surface area (Å²) < 4.78 is 11.2. The minimum atomic E-state index is 0.560. The molecular weight excluding hydrogens is 274 g/mol. The van der Waals surface area contributed by atoms with Gasteiger partial charge < -0.3 is 9.47 Å². The number of fused-ring (bicyclic) bond motifs is 2.